The molecular formula is C16H24N4O. The van der Waals surface area contributed by atoms with Crippen LogP contribution in [-0.2, 0) is 6.54 Å². The van der Waals surface area contributed by atoms with E-state index >= 15 is 0 Å². The summed E-state index contributed by atoms with van der Waals surface area (Å²) >= 11 is 0. The van der Waals surface area contributed by atoms with Crippen molar-refractivity contribution in [3.05, 3.63) is 36.0 Å². The number of nitrogens with zero attached hydrogens (tertiary/aromatic N) is 3. The molecule has 1 aromatic heterocycles. The topological polar surface area (TPSA) is 63.0 Å². The van der Waals surface area contributed by atoms with Crippen molar-refractivity contribution < 1.29 is 5.11 Å². The highest BCUT2D eigenvalue weighted by molar-refractivity contribution is 5.60. The third kappa shape index (κ3) is 4.37. The Morgan fingerprint density at radius 2 is 1.90 bits per heavy atom. The van der Waals surface area contributed by atoms with Gasteiger partial charge in [0.05, 0.1) is 6.04 Å². The van der Waals surface area contributed by atoms with E-state index in [1.165, 1.54) is 0 Å². The van der Waals surface area contributed by atoms with E-state index < -0.39 is 0 Å². The average Bonchev–Trinajstić information content (AvgIpc) is 2.92. The number of aliphatic hydroxyl groups is 1. The maximum Gasteiger partial charge on any atom is 0.117 e. The molecular weight excluding hydrogens is 264 g/mol. The summed E-state index contributed by atoms with van der Waals surface area (Å²) in [4.78, 5) is 1.77. The van der Waals surface area contributed by atoms with Gasteiger partial charge in [-0.2, -0.15) is 15.0 Å². The van der Waals surface area contributed by atoms with Crippen molar-refractivity contribution in [2.75, 3.05) is 13.2 Å². The highest BCUT2D eigenvalue weighted by Gasteiger charge is 2.13. The number of aromatic nitrogens is 3. The zero-order chi connectivity index (χ0) is 15.1. The van der Waals surface area contributed by atoms with Gasteiger partial charge in [0.15, 0.2) is 0 Å². The first-order valence-corrected chi connectivity index (χ1v) is 7.55. The number of nitrogens with one attached hydrogen (secondary N) is 1. The van der Waals surface area contributed by atoms with Crippen LogP contribution in [0.15, 0.2) is 30.3 Å². The van der Waals surface area contributed by atoms with Gasteiger partial charge in [-0.05, 0) is 33.2 Å². The summed E-state index contributed by atoms with van der Waals surface area (Å²) in [5.74, 6) is 0. The first-order chi connectivity index (χ1) is 10.2. The van der Waals surface area contributed by atoms with Crippen molar-refractivity contribution in [2.24, 2.45) is 0 Å². The Balaban J connectivity index is 2.11. The molecule has 2 rings (SSSR count). The summed E-state index contributed by atoms with van der Waals surface area (Å²) in [6, 6.07) is 10.4. The van der Waals surface area contributed by atoms with Crippen molar-refractivity contribution in [1.29, 1.82) is 0 Å². The quantitative estimate of drug-likeness (QED) is 0.732. The van der Waals surface area contributed by atoms with Gasteiger partial charge < -0.3 is 10.4 Å². The monoisotopic (exact) mass is 288 g/mol. The van der Waals surface area contributed by atoms with Crippen molar-refractivity contribution in [3.8, 4) is 11.3 Å². The molecule has 114 valence electrons. The van der Waals surface area contributed by atoms with Gasteiger partial charge in [-0.1, -0.05) is 30.3 Å². The Morgan fingerprint density at radius 1 is 1.14 bits per heavy atom. The minimum absolute atomic E-state index is 0.246. The number of rotatable bonds is 8. The van der Waals surface area contributed by atoms with Crippen molar-refractivity contribution >= 4 is 0 Å². The molecule has 0 saturated heterocycles. The lowest BCUT2D eigenvalue weighted by Crippen LogP contribution is -2.16. The summed E-state index contributed by atoms with van der Waals surface area (Å²) in [6.45, 7) is 5.98. The SMILES string of the molecule is CC(C)n1nc(CNCCCCO)c(-c2ccccc2)n1. The Morgan fingerprint density at radius 3 is 2.57 bits per heavy atom. The van der Waals surface area contributed by atoms with Crippen LogP contribution in [0.2, 0.25) is 0 Å². The minimum atomic E-state index is 0.246. The molecule has 0 fully saturated rings. The van der Waals surface area contributed by atoms with E-state index in [1.54, 1.807) is 4.80 Å². The molecule has 0 amide bonds. The molecule has 0 aliphatic carbocycles. The molecule has 0 aliphatic rings. The lowest BCUT2D eigenvalue weighted by Gasteiger charge is -2.03. The molecule has 0 bridgehead atoms. The molecule has 0 saturated carbocycles. The molecule has 5 heteroatoms. The first-order valence-electron chi connectivity index (χ1n) is 7.55. The van der Waals surface area contributed by atoms with Crippen LogP contribution in [0, 0.1) is 0 Å². The fourth-order valence-corrected chi connectivity index (χ4v) is 2.09. The van der Waals surface area contributed by atoms with Crippen LogP contribution in [0.5, 0.6) is 0 Å². The predicted octanol–water partition coefficient (Wildman–Crippen LogP) is 2.39. The predicted molar refractivity (Wildman–Crippen MR) is 83.9 cm³/mol. The van der Waals surface area contributed by atoms with Crippen LogP contribution >= 0.6 is 0 Å². The van der Waals surface area contributed by atoms with Gasteiger partial charge >= 0.3 is 0 Å². The number of benzene rings is 1. The molecule has 1 heterocycles. The second-order valence-corrected chi connectivity index (χ2v) is 5.38. The van der Waals surface area contributed by atoms with Crippen molar-refractivity contribution in [2.45, 2.75) is 39.3 Å². The zero-order valence-corrected chi connectivity index (χ0v) is 12.8. The van der Waals surface area contributed by atoms with E-state index in [0.717, 1.165) is 36.3 Å². The van der Waals surface area contributed by atoms with E-state index in [4.69, 9.17) is 5.11 Å². The van der Waals surface area contributed by atoms with Gasteiger partial charge in [-0.25, -0.2) is 0 Å². The second kappa shape index (κ2) is 7.90. The molecule has 2 N–H and O–H groups in total. The summed E-state index contributed by atoms with van der Waals surface area (Å²) in [7, 11) is 0. The molecule has 2 aromatic rings. The first kappa shape index (κ1) is 15.7. The Labute approximate surface area is 126 Å². The molecule has 0 radical (unpaired) electrons. The molecule has 0 aliphatic heterocycles. The largest absolute Gasteiger partial charge is 0.396 e. The Hall–Kier alpha value is -1.72. The van der Waals surface area contributed by atoms with Crippen molar-refractivity contribution in [1.82, 2.24) is 20.3 Å². The molecule has 21 heavy (non-hydrogen) atoms. The maximum absolute atomic E-state index is 8.79. The lowest BCUT2D eigenvalue weighted by atomic mass is 10.1. The molecule has 1 aromatic carbocycles. The van der Waals surface area contributed by atoms with Gasteiger partial charge in [0, 0.05) is 18.7 Å². The van der Waals surface area contributed by atoms with E-state index in [0.29, 0.717) is 6.54 Å². The molecule has 0 atom stereocenters. The maximum atomic E-state index is 8.79. The standard InChI is InChI=1S/C16H24N4O/c1-13(2)20-18-15(12-17-10-6-7-11-21)16(19-20)14-8-4-3-5-9-14/h3-5,8-9,13,17,21H,6-7,10-12H2,1-2H3. The van der Waals surface area contributed by atoms with Gasteiger partial charge in [0.2, 0.25) is 0 Å². The molecule has 5 nitrogen and oxygen atoms in total. The van der Waals surface area contributed by atoms with Crippen LogP contribution in [0.1, 0.15) is 38.4 Å². The van der Waals surface area contributed by atoms with Crippen molar-refractivity contribution in [3.63, 3.8) is 0 Å². The van der Waals surface area contributed by atoms with Crippen LogP contribution in [0.3, 0.4) is 0 Å². The van der Waals surface area contributed by atoms with Crippen LogP contribution < -0.4 is 5.32 Å². The highest BCUT2D eigenvalue weighted by atomic mass is 16.2. The fraction of sp³-hybridized carbons (Fsp3) is 0.500. The van der Waals surface area contributed by atoms with Crippen LogP contribution in [0.25, 0.3) is 11.3 Å². The van der Waals surface area contributed by atoms with E-state index in [9.17, 15) is 0 Å². The number of hydrogen-bond donors (Lipinski definition) is 2. The van der Waals surface area contributed by atoms with Gasteiger partial charge in [-0.3, -0.25) is 0 Å². The fourth-order valence-electron chi connectivity index (χ4n) is 2.09. The van der Waals surface area contributed by atoms with Gasteiger partial charge in [-0.15, -0.1) is 0 Å². The molecule has 0 spiro atoms. The van der Waals surface area contributed by atoms with E-state index in [1.807, 2.05) is 18.2 Å². The highest BCUT2D eigenvalue weighted by Crippen LogP contribution is 2.21. The number of aliphatic hydroxyl groups excluding tert-OH is 1. The van der Waals surface area contributed by atoms with Crippen LogP contribution in [0.4, 0.5) is 0 Å². The summed E-state index contributed by atoms with van der Waals surface area (Å²) in [5, 5.41) is 21.4. The zero-order valence-electron chi connectivity index (χ0n) is 12.8. The summed E-state index contributed by atoms with van der Waals surface area (Å²) in [6.07, 6.45) is 1.80. The van der Waals surface area contributed by atoms with Gasteiger partial charge in [0.25, 0.3) is 0 Å². The van der Waals surface area contributed by atoms with E-state index in [-0.39, 0.29) is 12.6 Å². The summed E-state index contributed by atoms with van der Waals surface area (Å²) in [5.41, 5.74) is 3.01. The summed E-state index contributed by atoms with van der Waals surface area (Å²) < 4.78 is 0. The normalized spacial score (nSPS) is 11.2. The lowest BCUT2D eigenvalue weighted by molar-refractivity contribution is 0.283. The Kier molecular flexibility index (Phi) is 5.90. The van der Waals surface area contributed by atoms with Crippen LogP contribution in [-0.4, -0.2) is 33.3 Å². The number of unbranched alkanes of at least 4 members (excludes halogenated alkanes) is 1. The van der Waals surface area contributed by atoms with Gasteiger partial charge in [0.1, 0.15) is 11.4 Å². The Bertz CT molecular complexity index is 536. The smallest absolute Gasteiger partial charge is 0.117 e. The molecule has 0 unspecified atom stereocenters. The third-order valence-electron chi connectivity index (χ3n) is 3.26. The second-order valence-electron chi connectivity index (χ2n) is 5.38. The van der Waals surface area contributed by atoms with E-state index in [2.05, 4.69) is 41.5 Å². The average molecular weight is 288 g/mol. The number of hydrogen-bond acceptors (Lipinski definition) is 4. The third-order valence-corrected chi connectivity index (χ3v) is 3.26. The minimum Gasteiger partial charge on any atom is -0.396 e.